The third-order valence-electron chi connectivity index (χ3n) is 2.78. The highest BCUT2D eigenvalue weighted by atomic mass is 32.2. The quantitative estimate of drug-likeness (QED) is 0.562. The van der Waals surface area contributed by atoms with Crippen LogP contribution in [0.2, 0.25) is 0 Å². The van der Waals surface area contributed by atoms with Crippen molar-refractivity contribution < 1.29 is 0 Å². The van der Waals surface area contributed by atoms with Crippen LogP contribution in [0.3, 0.4) is 0 Å². The van der Waals surface area contributed by atoms with E-state index in [4.69, 9.17) is 5.84 Å². The second-order valence-electron chi connectivity index (χ2n) is 4.44. The van der Waals surface area contributed by atoms with Gasteiger partial charge in [0, 0.05) is 10.9 Å². The number of fused-ring (bicyclic) bond motifs is 1. The van der Waals surface area contributed by atoms with Crippen molar-refractivity contribution in [3.63, 3.8) is 0 Å². The van der Waals surface area contributed by atoms with Crippen LogP contribution in [-0.2, 0) is 0 Å². The highest BCUT2D eigenvalue weighted by Crippen LogP contribution is 2.29. The third kappa shape index (κ3) is 3.49. The van der Waals surface area contributed by atoms with Gasteiger partial charge in [-0.15, -0.1) is 11.3 Å². The largest absolute Gasteiger partial charge is 0.367 e. The standard InChI is InChI=1S/C12H19N5S2/c1-7(4-5-18-3)14-10-9-6-8(2)19-11(9)16-12(15-10)17-13/h6-7H,4-5,13H2,1-3H3,(H2,14,15,16,17). The number of nitrogens with two attached hydrogens (primary N) is 1. The molecule has 0 spiro atoms. The van der Waals surface area contributed by atoms with Gasteiger partial charge < -0.3 is 5.32 Å². The van der Waals surface area contributed by atoms with Gasteiger partial charge in [0.05, 0.1) is 5.39 Å². The molecule has 2 aromatic heterocycles. The fraction of sp³-hybridized carbons (Fsp3) is 0.500. The Bertz CT molecular complexity index is 554. The van der Waals surface area contributed by atoms with Gasteiger partial charge in [0.25, 0.3) is 0 Å². The molecule has 2 heterocycles. The van der Waals surface area contributed by atoms with Gasteiger partial charge in [0.15, 0.2) is 0 Å². The topological polar surface area (TPSA) is 75.9 Å². The van der Waals surface area contributed by atoms with Crippen LogP contribution in [0.25, 0.3) is 10.2 Å². The summed E-state index contributed by atoms with van der Waals surface area (Å²) in [5, 5.41) is 4.52. The summed E-state index contributed by atoms with van der Waals surface area (Å²) in [5.74, 6) is 7.87. The summed E-state index contributed by atoms with van der Waals surface area (Å²) in [4.78, 5) is 11.0. The van der Waals surface area contributed by atoms with Crippen LogP contribution in [0, 0.1) is 6.92 Å². The first-order chi connectivity index (χ1) is 9.13. The number of hydrogen-bond donors (Lipinski definition) is 3. The number of aryl methyl sites for hydroxylation is 1. The van der Waals surface area contributed by atoms with Gasteiger partial charge in [0.1, 0.15) is 10.6 Å². The summed E-state index contributed by atoms with van der Waals surface area (Å²) < 4.78 is 0. The highest BCUT2D eigenvalue weighted by Gasteiger charge is 2.12. The molecule has 0 amide bonds. The molecule has 0 aliphatic carbocycles. The molecule has 5 nitrogen and oxygen atoms in total. The molecular formula is C12H19N5S2. The smallest absolute Gasteiger partial charge is 0.240 e. The Morgan fingerprint density at radius 1 is 1.47 bits per heavy atom. The van der Waals surface area contributed by atoms with E-state index in [1.807, 2.05) is 11.8 Å². The van der Waals surface area contributed by atoms with Gasteiger partial charge in [-0.2, -0.15) is 16.7 Å². The second-order valence-corrected chi connectivity index (χ2v) is 6.66. The first kappa shape index (κ1) is 14.4. The zero-order valence-corrected chi connectivity index (χ0v) is 13.0. The molecule has 2 rings (SSSR count). The maximum Gasteiger partial charge on any atom is 0.240 e. The van der Waals surface area contributed by atoms with Crippen molar-refractivity contribution in [1.29, 1.82) is 0 Å². The van der Waals surface area contributed by atoms with Crippen LogP contribution < -0.4 is 16.6 Å². The highest BCUT2D eigenvalue weighted by molar-refractivity contribution is 7.98. The average molecular weight is 297 g/mol. The molecule has 1 atom stereocenters. The fourth-order valence-electron chi connectivity index (χ4n) is 1.82. The normalized spacial score (nSPS) is 12.6. The molecule has 7 heteroatoms. The molecule has 1 unspecified atom stereocenters. The van der Waals surface area contributed by atoms with Gasteiger partial charge in [-0.3, -0.25) is 5.43 Å². The van der Waals surface area contributed by atoms with Crippen molar-refractivity contribution in [3.8, 4) is 0 Å². The summed E-state index contributed by atoms with van der Waals surface area (Å²) in [5.41, 5.74) is 2.53. The molecule has 19 heavy (non-hydrogen) atoms. The van der Waals surface area contributed by atoms with E-state index >= 15 is 0 Å². The maximum atomic E-state index is 5.43. The van der Waals surface area contributed by atoms with Crippen LogP contribution in [-0.4, -0.2) is 28.0 Å². The van der Waals surface area contributed by atoms with Crippen molar-refractivity contribution in [3.05, 3.63) is 10.9 Å². The van der Waals surface area contributed by atoms with Crippen molar-refractivity contribution in [1.82, 2.24) is 9.97 Å². The molecule has 0 fully saturated rings. The summed E-state index contributed by atoms with van der Waals surface area (Å²) >= 11 is 3.50. The average Bonchev–Trinajstić information content (AvgIpc) is 2.76. The molecule has 0 aromatic carbocycles. The third-order valence-corrected chi connectivity index (χ3v) is 4.37. The summed E-state index contributed by atoms with van der Waals surface area (Å²) in [6, 6.07) is 2.49. The summed E-state index contributed by atoms with van der Waals surface area (Å²) in [6.45, 7) is 4.24. The number of thiophene rings is 1. The van der Waals surface area contributed by atoms with E-state index in [1.54, 1.807) is 11.3 Å². The number of thioether (sulfide) groups is 1. The number of hydrogen-bond acceptors (Lipinski definition) is 7. The van der Waals surface area contributed by atoms with Crippen molar-refractivity contribution in [2.45, 2.75) is 26.3 Å². The van der Waals surface area contributed by atoms with Crippen LogP contribution in [0.15, 0.2) is 6.07 Å². The molecule has 0 aliphatic rings. The Labute approximate surface area is 121 Å². The molecule has 4 N–H and O–H groups in total. The Kier molecular flexibility index (Phi) is 4.84. The molecular weight excluding hydrogens is 278 g/mol. The lowest BCUT2D eigenvalue weighted by molar-refractivity contribution is 0.768. The van der Waals surface area contributed by atoms with Crippen molar-refractivity contribution in [2.75, 3.05) is 22.8 Å². The molecule has 104 valence electrons. The Balaban J connectivity index is 2.29. The lowest BCUT2D eigenvalue weighted by Gasteiger charge is -2.15. The number of nitrogens with one attached hydrogen (secondary N) is 2. The first-order valence-corrected chi connectivity index (χ1v) is 8.35. The van der Waals surface area contributed by atoms with Crippen LogP contribution in [0.1, 0.15) is 18.2 Å². The minimum atomic E-state index is 0.372. The SMILES string of the molecule is CSCCC(C)Nc1nc(NN)nc2sc(C)cc12. The zero-order chi connectivity index (χ0) is 13.8. The van der Waals surface area contributed by atoms with E-state index in [1.165, 1.54) is 4.88 Å². The van der Waals surface area contributed by atoms with E-state index in [0.29, 0.717) is 12.0 Å². The van der Waals surface area contributed by atoms with Gasteiger partial charge in [-0.1, -0.05) is 0 Å². The number of anilines is 2. The predicted octanol–water partition coefficient (Wildman–Crippen LogP) is 2.84. The van der Waals surface area contributed by atoms with Crippen LogP contribution in [0.5, 0.6) is 0 Å². The molecule has 0 saturated heterocycles. The number of nitrogen functional groups attached to an aromatic ring is 1. The van der Waals surface area contributed by atoms with Crippen molar-refractivity contribution in [2.24, 2.45) is 5.84 Å². The maximum absolute atomic E-state index is 5.43. The van der Waals surface area contributed by atoms with Crippen LogP contribution >= 0.6 is 23.1 Å². The van der Waals surface area contributed by atoms with E-state index in [0.717, 1.165) is 28.2 Å². The fourth-order valence-corrected chi connectivity index (χ4v) is 3.29. The minimum absolute atomic E-state index is 0.372. The predicted molar refractivity (Wildman–Crippen MR) is 86.0 cm³/mol. The molecule has 0 saturated carbocycles. The van der Waals surface area contributed by atoms with Gasteiger partial charge in [0.2, 0.25) is 5.95 Å². The lowest BCUT2D eigenvalue weighted by atomic mass is 10.2. The van der Waals surface area contributed by atoms with E-state index in [9.17, 15) is 0 Å². The van der Waals surface area contributed by atoms with Gasteiger partial charge >= 0.3 is 0 Å². The Hall–Kier alpha value is -1.05. The molecule has 0 bridgehead atoms. The zero-order valence-electron chi connectivity index (χ0n) is 11.4. The van der Waals surface area contributed by atoms with Gasteiger partial charge in [-0.25, -0.2) is 10.8 Å². The summed E-state index contributed by atoms with van der Waals surface area (Å²) in [7, 11) is 0. The monoisotopic (exact) mass is 297 g/mol. The Morgan fingerprint density at radius 3 is 2.95 bits per heavy atom. The molecule has 0 radical (unpaired) electrons. The second kappa shape index (κ2) is 6.40. The van der Waals surface area contributed by atoms with Crippen LogP contribution in [0.4, 0.5) is 11.8 Å². The van der Waals surface area contributed by atoms with E-state index < -0.39 is 0 Å². The van der Waals surface area contributed by atoms with Crippen molar-refractivity contribution >= 4 is 45.1 Å². The Morgan fingerprint density at radius 2 is 2.26 bits per heavy atom. The number of nitrogens with zero attached hydrogens (tertiary/aromatic N) is 2. The van der Waals surface area contributed by atoms with E-state index in [2.05, 4.69) is 46.9 Å². The molecule has 2 aromatic rings. The minimum Gasteiger partial charge on any atom is -0.367 e. The van der Waals surface area contributed by atoms with Gasteiger partial charge in [-0.05, 0) is 38.3 Å². The number of rotatable bonds is 6. The van der Waals surface area contributed by atoms with E-state index in [-0.39, 0.29) is 0 Å². The first-order valence-electron chi connectivity index (χ1n) is 6.14. The lowest BCUT2D eigenvalue weighted by Crippen LogP contribution is -2.18. The number of hydrazine groups is 1. The summed E-state index contributed by atoms with van der Waals surface area (Å²) in [6.07, 6.45) is 3.22. The number of aromatic nitrogens is 2. The molecule has 0 aliphatic heterocycles.